The van der Waals surface area contributed by atoms with Crippen molar-refractivity contribution in [3.63, 3.8) is 0 Å². The Kier molecular flexibility index (Phi) is 28.7. The maximum atomic E-state index is 13.5. The van der Waals surface area contributed by atoms with Crippen LogP contribution < -0.4 is 20.7 Å². The molecular weight excluding hydrogens is 1550 g/mol. The SMILES string of the molecule is CCC(=O)NCc1ccc(CN2CCCC2)cc1-c1ccc(Cn2c(CC)nc3c(C)cc(C)nc32)cc1.CCC(=O)NCc1ccc(CN2CCCC2)cc1-c1ccc(Cn2c(CC)nc3c(C)cc(C)nc32)cc1.CCc1nc2c(C)cc(C)nc2n1Cc1ccc(-c2cc(CN3CCCC3)ccc2CNC(=O)c2ccccc2Oc2ccccc2)cc1. The van der Waals surface area contributed by atoms with Crippen LogP contribution in [-0.2, 0) is 87.8 Å². The van der Waals surface area contributed by atoms with Gasteiger partial charge in [-0.25, -0.2) is 29.9 Å². The minimum atomic E-state index is -0.174. The lowest BCUT2D eigenvalue weighted by atomic mass is 9.96. The third-order valence-corrected chi connectivity index (χ3v) is 24.5. The summed E-state index contributed by atoms with van der Waals surface area (Å²) in [5, 5.41) is 9.31. The highest BCUT2D eigenvalue weighted by atomic mass is 16.5. The van der Waals surface area contributed by atoms with Gasteiger partial charge < -0.3 is 34.4 Å². The number of nitrogens with one attached hydrogen (secondary N) is 3. The molecule has 0 atom stereocenters. The molecule has 0 spiro atoms. The average Bonchev–Trinajstić information content (AvgIpc) is 1.64. The standard InChI is InChI=1S/C42H43N5O2.2C32H39N5O/c1-4-39-45-40-29(2)24-30(3)44-41(40)47(39)28-31-16-19-33(20-17-31)37-25-32(27-46-22-10-11-23-46)18-21-34(37)26-43-42(48)36-14-8-9-15-38(36)49-35-12-6-5-7-13-35;2*1-5-29-35-31-22(3)17-23(4)34-32(31)37(29)21-24-9-12-26(13-10-24)28-18-25(20-36-15-7-8-16-36)11-14-27(28)19-33-30(38)6-2/h5-9,12-21,24-25H,4,10-11,22-23,26-28H2,1-3H3,(H,43,48);2*9-14,17-18H,5-8,15-16,19-21H2,1-4H3,(H,33,38). The Hall–Kier alpha value is -12.3. The van der Waals surface area contributed by atoms with Gasteiger partial charge in [0.05, 0.1) is 25.2 Å². The lowest BCUT2D eigenvalue weighted by Gasteiger charge is -2.18. The Labute approximate surface area is 737 Å². The molecule has 3 aliphatic rings. The third-order valence-electron chi connectivity index (χ3n) is 24.5. The maximum Gasteiger partial charge on any atom is 0.255 e. The van der Waals surface area contributed by atoms with Crippen molar-refractivity contribution in [1.29, 1.82) is 0 Å². The summed E-state index contributed by atoms with van der Waals surface area (Å²) in [6, 6.07) is 69.9. The van der Waals surface area contributed by atoms with Gasteiger partial charge in [-0.05, 0) is 280 Å². The van der Waals surface area contributed by atoms with Gasteiger partial charge in [0.1, 0.15) is 45.5 Å². The molecule has 3 amide bonds. The number of ether oxygens (including phenoxy) is 1. The van der Waals surface area contributed by atoms with Crippen molar-refractivity contribution >= 4 is 51.2 Å². The molecule has 3 saturated heterocycles. The van der Waals surface area contributed by atoms with E-state index in [0.717, 1.165) is 167 Å². The van der Waals surface area contributed by atoms with Gasteiger partial charge in [-0.1, -0.05) is 174 Å². The second-order valence-electron chi connectivity index (χ2n) is 34.0. The van der Waals surface area contributed by atoms with Crippen LogP contribution in [0.25, 0.3) is 66.9 Å². The molecule has 0 unspecified atom stereocenters. The van der Waals surface area contributed by atoms with Crippen LogP contribution in [0, 0.1) is 41.5 Å². The number of aryl methyl sites for hydroxylation is 9. The number of carbonyl (C=O) groups is 3. The van der Waals surface area contributed by atoms with Crippen LogP contribution in [0.2, 0.25) is 0 Å². The molecule has 3 fully saturated rings. The molecule has 3 N–H and O–H groups in total. The second kappa shape index (κ2) is 41.0. The number of hydrogen-bond donors (Lipinski definition) is 3. The molecule has 19 heteroatoms. The molecule has 3 aliphatic heterocycles. The number of para-hydroxylation sites is 2. The van der Waals surface area contributed by atoms with E-state index in [2.05, 4.69) is 231 Å². The number of fused-ring (bicyclic) bond motifs is 3. The zero-order chi connectivity index (χ0) is 87.0. The van der Waals surface area contributed by atoms with Crippen molar-refractivity contribution in [1.82, 2.24) is 74.3 Å². The fourth-order valence-corrected chi connectivity index (χ4v) is 17.9. The quantitative estimate of drug-likeness (QED) is 0.0401. The highest BCUT2D eigenvalue weighted by Gasteiger charge is 2.24. The Balaban J connectivity index is 0.000000147. The van der Waals surface area contributed by atoms with E-state index in [4.69, 9.17) is 34.6 Å². The van der Waals surface area contributed by atoms with Crippen LogP contribution in [0.5, 0.6) is 11.5 Å². The summed E-state index contributed by atoms with van der Waals surface area (Å²) in [7, 11) is 0. The summed E-state index contributed by atoms with van der Waals surface area (Å²) in [5.74, 6) is 4.37. The van der Waals surface area contributed by atoms with E-state index < -0.39 is 0 Å². The number of pyridine rings is 3. The molecule has 0 radical (unpaired) electrons. The Morgan fingerprint density at radius 3 is 0.976 bits per heavy atom. The van der Waals surface area contributed by atoms with E-state index in [1.807, 2.05) is 83.1 Å². The topological polar surface area (TPSA) is 198 Å². The third kappa shape index (κ3) is 21.6. The highest BCUT2D eigenvalue weighted by Crippen LogP contribution is 2.35. The first-order chi connectivity index (χ1) is 60.8. The molecule has 0 saturated carbocycles. The molecular formula is C106H121N15O4. The number of hydrogen-bond acceptors (Lipinski definition) is 13. The summed E-state index contributed by atoms with van der Waals surface area (Å²) < 4.78 is 12.8. The molecule has 0 aliphatic carbocycles. The molecule has 8 aromatic carbocycles. The predicted molar refractivity (Wildman–Crippen MR) is 504 cm³/mol. The summed E-state index contributed by atoms with van der Waals surface area (Å²) in [5.41, 5.74) is 30.8. The normalized spacial score (nSPS) is 13.6. The van der Waals surface area contributed by atoms with Crippen molar-refractivity contribution in [3.8, 4) is 44.9 Å². The number of imidazole rings is 3. The van der Waals surface area contributed by atoms with Gasteiger partial charge >= 0.3 is 0 Å². The number of rotatable bonds is 29. The van der Waals surface area contributed by atoms with Crippen LogP contribution in [0.1, 0.15) is 198 Å². The van der Waals surface area contributed by atoms with Crippen molar-refractivity contribution in [2.24, 2.45) is 0 Å². The van der Waals surface area contributed by atoms with Gasteiger partial charge in [0.15, 0.2) is 16.9 Å². The molecule has 14 aromatic rings. The lowest BCUT2D eigenvalue weighted by molar-refractivity contribution is -0.121. The van der Waals surface area contributed by atoms with E-state index in [1.54, 1.807) is 6.07 Å². The molecule has 0 bridgehead atoms. The molecule has 17 rings (SSSR count). The number of benzene rings is 8. The number of likely N-dealkylation sites (tertiary alicyclic amines) is 3. The number of nitrogens with zero attached hydrogens (tertiary/aromatic N) is 12. The lowest BCUT2D eigenvalue weighted by Crippen LogP contribution is -2.24. The Morgan fingerprint density at radius 1 is 0.336 bits per heavy atom. The first-order valence-electron chi connectivity index (χ1n) is 45.3. The first-order valence-corrected chi connectivity index (χ1v) is 45.3. The Morgan fingerprint density at radius 2 is 0.648 bits per heavy atom. The zero-order valence-electron chi connectivity index (χ0n) is 74.9. The van der Waals surface area contributed by atoms with Crippen LogP contribution in [0.15, 0.2) is 200 Å². The van der Waals surface area contributed by atoms with Gasteiger partial charge in [0, 0.05) is 88.5 Å². The minimum Gasteiger partial charge on any atom is -0.457 e. The molecule has 9 heterocycles. The number of aromatic nitrogens is 9. The number of carbonyl (C=O) groups excluding carboxylic acids is 3. The van der Waals surface area contributed by atoms with Crippen molar-refractivity contribution < 1.29 is 19.1 Å². The second-order valence-corrected chi connectivity index (χ2v) is 34.0. The van der Waals surface area contributed by atoms with Gasteiger partial charge in [-0.3, -0.25) is 29.1 Å². The summed E-state index contributed by atoms with van der Waals surface area (Å²) >= 11 is 0. The van der Waals surface area contributed by atoms with Crippen LogP contribution in [0.3, 0.4) is 0 Å². The van der Waals surface area contributed by atoms with E-state index in [1.165, 1.54) is 131 Å². The largest absolute Gasteiger partial charge is 0.457 e. The fraction of sp³-hybridized carbons (Fsp3) is 0.349. The van der Waals surface area contributed by atoms with Gasteiger partial charge in [0.2, 0.25) is 11.8 Å². The Bertz CT molecular complexity index is 5890. The van der Waals surface area contributed by atoms with Gasteiger partial charge in [-0.2, -0.15) is 0 Å². The van der Waals surface area contributed by atoms with Gasteiger partial charge in [-0.15, -0.1) is 0 Å². The summed E-state index contributed by atoms with van der Waals surface area (Å²) in [4.78, 5) is 74.4. The van der Waals surface area contributed by atoms with Crippen LogP contribution in [0.4, 0.5) is 0 Å². The van der Waals surface area contributed by atoms with Crippen molar-refractivity contribution in [2.45, 2.75) is 206 Å². The van der Waals surface area contributed by atoms with E-state index in [9.17, 15) is 14.4 Å². The number of amides is 3. The van der Waals surface area contributed by atoms with Crippen LogP contribution in [-0.4, -0.2) is 115 Å². The smallest absolute Gasteiger partial charge is 0.255 e. The molecule has 125 heavy (non-hydrogen) atoms. The van der Waals surface area contributed by atoms with E-state index >= 15 is 0 Å². The fourth-order valence-electron chi connectivity index (χ4n) is 17.9. The molecule has 6 aromatic heterocycles. The van der Waals surface area contributed by atoms with Crippen molar-refractivity contribution in [3.05, 3.63) is 307 Å². The predicted octanol–water partition coefficient (Wildman–Crippen LogP) is 20.5. The summed E-state index contributed by atoms with van der Waals surface area (Å²) in [6.07, 6.45) is 11.2. The first kappa shape index (κ1) is 87.6. The van der Waals surface area contributed by atoms with Crippen LogP contribution >= 0.6 is 0 Å². The van der Waals surface area contributed by atoms with E-state index in [0.29, 0.717) is 56.1 Å². The minimum absolute atomic E-state index is 0.0748. The van der Waals surface area contributed by atoms with Gasteiger partial charge in [0.25, 0.3) is 5.91 Å². The average molecular weight is 1670 g/mol. The molecule has 19 nitrogen and oxygen atoms in total. The maximum absolute atomic E-state index is 13.5. The summed E-state index contributed by atoms with van der Waals surface area (Å²) in [6.45, 7) is 36.2. The van der Waals surface area contributed by atoms with E-state index in [-0.39, 0.29) is 17.7 Å². The monoisotopic (exact) mass is 1670 g/mol. The van der Waals surface area contributed by atoms with Crippen molar-refractivity contribution in [2.75, 3.05) is 39.3 Å². The molecule has 644 valence electrons. The highest BCUT2D eigenvalue weighted by molar-refractivity contribution is 5.97. The zero-order valence-corrected chi connectivity index (χ0v) is 74.9.